The number of sulfone groups is 1. The van der Waals surface area contributed by atoms with Gasteiger partial charge in [0.05, 0.1) is 16.4 Å². The van der Waals surface area contributed by atoms with E-state index in [2.05, 4.69) is 13.8 Å². The molecule has 1 atom stereocenters. The zero-order valence-corrected chi connectivity index (χ0v) is 18.4. The van der Waals surface area contributed by atoms with Crippen LogP contribution in [0.15, 0.2) is 48.5 Å². The zero-order chi connectivity index (χ0) is 22.6. The molecule has 0 aliphatic carbocycles. The van der Waals surface area contributed by atoms with Crippen molar-refractivity contribution in [3.63, 3.8) is 0 Å². The van der Waals surface area contributed by atoms with E-state index >= 15 is 0 Å². The van der Waals surface area contributed by atoms with Gasteiger partial charge in [-0.1, -0.05) is 50.2 Å². The van der Waals surface area contributed by atoms with E-state index < -0.39 is 33.3 Å². The molecule has 1 aliphatic heterocycles. The van der Waals surface area contributed by atoms with Crippen molar-refractivity contribution < 1.29 is 22.9 Å². The third-order valence-corrected chi connectivity index (χ3v) is 7.13. The van der Waals surface area contributed by atoms with E-state index in [1.54, 1.807) is 6.07 Å². The minimum absolute atomic E-state index is 0.00105. The Bertz CT molecular complexity index is 1050. The second-order valence-corrected chi connectivity index (χ2v) is 10.2. The first-order valence-corrected chi connectivity index (χ1v) is 11.9. The molecule has 0 bridgehead atoms. The summed E-state index contributed by atoms with van der Waals surface area (Å²) in [6.07, 6.45) is 0.365. The van der Waals surface area contributed by atoms with Crippen LogP contribution in [0.2, 0.25) is 0 Å². The van der Waals surface area contributed by atoms with Gasteiger partial charge in [-0.25, -0.2) is 8.42 Å². The van der Waals surface area contributed by atoms with Crippen LogP contribution in [0.1, 0.15) is 37.3 Å². The van der Waals surface area contributed by atoms with Crippen molar-refractivity contribution in [1.82, 2.24) is 4.90 Å². The first-order chi connectivity index (χ1) is 14.7. The zero-order valence-electron chi connectivity index (χ0n) is 17.6. The Balaban J connectivity index is 1.77. The molecule has 2 aromatic rings. The summed E-state index contributed by atoms with van der Waals surface area (Å²) in [5.74, 6) is -0.0799. The lowest BCUT2D eigenvalue weighted by molar-refractivity contribution is -0.385. The van der Waals surface area contributed by atoms with E-state index in [0.29, 0.717) is 12.3 Å². The largest absolute Gasteiger partial charge is 0.477 e. The van der Waals surface area contributed by atoms with Gasteiger partial charge in [0.1, 0.15) is 0 Å². The van der Waals surface area contributed by atoms with Crippen molar-refractivity contribution in [2.75, 3.05) is 18.1 Å². The number of hydrogen-bond acceptors (Lipinski definition) is 6. The SMILES string of the molecule is CC(C)c1ccc(CN(C(=O)COc2ccccc2[N+](=O)[O-])C2CCS(=O)(=O)C2)cc1. The molecule has 1 fully saturated rings. The van der Waals surface area contributed by atoms with Gasteiger partial charge in [0.2, 0.25) is 0 Å². The number of benzene rings is 2. The maximum absolute atomic E-state index is 13.0. The van der Waals surface area contributed by atoms with Crippen LogP contribution in [-0.4, -0.2) is 48.3 Å². The highest BCUT2D eigenvalue weighted by Crippen LogP contribution is 2.26. The number of nitro groups is 1. The van der Waals surface area contributed by atoms with E-state index in [0.717, 1.165) is 5.56 Å². The van der Waals surface area contributed by atoms with Gasteiger partial charge in [0.15, 0.2) is 22.2 Å². The number of carbonyl (C=O) groups is 1. The molecule has 1 amide bonds. The van der Waals surface area contributed by atoms with Crippen LogP contribution in [0.4, 0.5) is 5.69 Å². The second-order valence-electron chi connectivity index (χ2n) is 7.99. The highest BCUT2D eigenvalue weighted by molar-refractivity contribution is 7.91. The Morgan fingerprint density at radius 1 is 1.19 bits per heavy atom. The smallest absolute Gasteiger partial charge is 0.310 e. The van der Waals surface area contributed by atoms with Crippen LogP contribution in [-0.2, 0) is 21.2 Å². The number of rotatable bonds is 8. The van der Waals surface area contributed by atoms with Crippen molar-refractivity contribution in [3.8, 4) is 5.75 Å². The van der Waals surface area contributed by atoms with Crippen molar-refractivity contribution in [2.45, 2.75) is 38.8 Å². The van der Waals surface area contributed by atoms with E-state index in [9.17, 15) is 23.3 Å². The Morgan fingerprint density at radius 2 is 1.87 bits per heavy atom. The Kier molecular flexibility index (Phi) is 6.94. The average Bonchev–Trinajstić information content (AvgIpc) is 3.10. The van der Waals surface area contributed by atoms with Gasteiger partial charge < -0.3 is 9.64 Å². The number of nitro benzene ring substituents is 1. The molecule has 2 aromatic carbocycles. The molecule has 3 rings (SSSR count). The van der Waals surface area contributed by atoms with Crippen LogP contribution in [0, 0.1) is 10.1 Å². The molecule has 31 heavy (non-hydrogen) atoms. The second kappa shape index (κ2) is 9.47. The van der Waals surface area contributed by atoms with Gasteiger partial charge in [-0.15, -0.1) is 0 Å². The number of hydrogen-bond donors (Lipinski definition) is 0. The molecule has 166 valence electrons. The van der Waals surface area contributed by atoms with Crippen molar-refractivity contribution in [3.05, 3.63) is 69.8 Å². The minimum Gasteiger partial charge on any atom is -0.477 e. The van der Waals surface area contributed by atoms with Crippen LogP contribution >= 0.6 is 0 Å². The van der Waals surface area contributed by atoms with Gasteiger partial charge in [-0.05, 0) is 29.5 Å². The summed E-state index contributed by atoms with van der Waals surface area (Å²) < 4.78 is 29.4. The molecule has 1 unspecified atom stereocenters. The predicted molar refractivity (Wildman–Crippen MR) is 117 cm³/mol. The number of ether oxygens (including phenoxy) is 1. The summed E-state index contributed by atoms with van der Waals surface area (Å²) in [6, 6.07) is 13.3. The van der Waals surface area contributed by atoms with Gasteiger partial charge in [-0.2, -0.15) is 0 Å². The summed E-state index contributed by atoms with van der Waals surface area (Å²) in [4.78, 5) is 25.1. The normalized spacial score (nSPS) is 17.5. The lowest BCUT2D eigenvalue weighted by Crippen LogP contribution is -2.43. The van der Waals surface area contributed by atoms with Crippen LogP contribution in [0.25, 0.3) is 0 Å². The Morgan fingerprint density at radius 3 is 2.45 bits per heavy atom. The molecular formula is C22H26N2O6S. The lowest BCUT2D eigenvalue weighted by Gasteiger charge is -2.28. The maximum Gasteiger partial charge on any atom is 0.310 e. The van der Waals surface area contributed by atoms with Crippen molar-refractivity contribution in [1.29, 1.82) is 0 Å². The van der Waals surface area contributed by atoms with Gasteiger partial charge in [0.25, 0.3) is 5.91 Å². The number of carbonyl (C=O) groups excluding carboxylic acids is 1. The number of nitrogens with zero attached hydrogens (tertiary/aromatic N) is 2. The van der Waals surface area contributed by atoms with Crippen LogP contribution in [0.5, 0.6) is 5.75 Å². The summed E-state index contributed by atoms with van der Waals surface area (Å²) in [6.45, 7) is 4.02. The minimum atomic E-state index is -3.19. The standard InChI is InChI=1S/C22H26N2O6S/c1-16(2)18-9-7-17(8-10-18)13-23(19-11-12-31(28,29)15-19)22(25)14-30-21-6-4-3-5-20(21)24(26)27/h3-10,16,19H,11-15H2,1-2H3. The third-order valence-electron chi connectivity index (χ3n) is 5.38. The molecule has 0 N–H and O–H groups in total. The predicted octanol–water partition coefficient (Wildman–Crippen LogP) is 3.31. The molecule has 0 radical (unpaired) electrons. The van der Waals surface area contributed by atoms with Gasteiger partial charge in [0, 0.05) is 18.7 Å². The molecule has 1 heterocycles. The average molecular weight is 447 g/mol. The lowest BCUT2D eigenvalue weighted by atomic mass is 10.0. The monoisotopic (exact) mass is 446 g/mol. The number of amides is 1. The topological polar surface area (TPSA) is 107 Å². The highest BCUT2D eigenvalue weighted by atomic mass is 32.2. The molecule has 1 aliphatic rings. The Hall–Kier alpha value is -2.94. The fraction of sp³-hybridized carbons (Fsp3) is 0.409. The molecular weight excluding hydrogens is 420 g/mol. The fourth-order valence-corrected chi connectivity index (χ4v) is 5.33. The fourth-order valence-electron chi connectivity index (χ4n) is 3.60. The van der Waals surface area contributed by atoms with Crippen LogP contribution in [0.3, 0.4) is 0 Å². The molecule has 0 aromatic heterocycles. The summed E-state index contributed by atoms with van der Waals surface area (Å²) >= 11 is 0. The Labute approximate surface area is 181 Å². The molecule has 0 spiro atoms. The third kappa shape index (κ3) is 5.81. The summed E-state index contributed by atoms with van der Waals surface area (Å²) in [5.41, 5.74) is 1.83. The van der Waals surface area contributed by atoms with E-state index in [4.69, 9.17) is 4.74 Å². The summed E-state index contributed by atoms with van der Waals surface area (Å²) in [7, 11) is -3.19. The van der Waals surface area contributed by atoms with E-state index in [-0.39, 0.29) is 29.5 Å². The number of para-hydroxylation sites is 2. The van der Waals surface area contributed by atoms with E-state index in [1.165, 1.54) is 28.7 Å². The first-order valence-electron chi connectivity index (χ1n) is 10.1. The summed E-state index contributed by atoms with van der Waals surface area (Å²) in [5, 5.41) is 11.2. The van der Waals surface area contributed by atoms with Crippen molar-refractivity contribution in [2.24, 2.45) is 0 Å². The molecule has 1 saturated heterocycles. The maximum atomic E-state index is 13.0. The van der Waals surface area contributed by atoms with Gasteiger partial charge in [-0.3, -0.25) is 14.9 Å². The molecule has 8 nitrogen and oxygen atoms in total. The first kappa shape index (κ1) is 22.7. The van der Waals surface area contributed by atoms with Crippen LogP contribution < -0.4 is 4.74 Å². The highest BCUT2D eigenvalue weighted by Gasteiger charge is 2.35. The van der Waals surface area contributed by atoms with Crippen molar-refractivity contribution >= 4 is 21.4 Å². The molecule has 0 saturated carbocycles. The quantitative estimate of drug-likeness (QED) is 0.455. The van der Waals surface area contributed by atoms with E-state index in [1.807, 2.05) is 24.3 Å². The molecule has 9 heteroatoms. The van der Waals surface area contributed by atoms with Gasteiger partial charge >= 0.3 is 5.69 Å².